The molecule has 0 bridgehead atoms. The maximum atomic E-state index is 6.82. The van der Waals surface area contributed by atoms with Crippen molar-refractivity contribution in [3.05, 3.63) is 0 Å². The first-order valence-corrected chi connectivity index (χ1v) is 28.8. The van der Waals surface area contributed by atoms with Crippen molar-refractivity contribution in [1.82, 2.24) is 0 Å². The third-order valence-electron chi connectivity index (χ3n) is 13.4. The summed E-state index contributed by atoms with van der Waals surface area (Å²) in [5.74, 6) is 0. The molecule has 0 aliphatic heterocycles. The Bertz CT molecular complexity index is 748. The fourth-order valence-corrected chi connectivity index (χ4v) is 9.11. The van der Waals surface area contributed by atoms with Gasteiger partial charge in [-0.1, -0.05) is 271 Å². The van der Waals surface area contributed by atoms with Crippen molar-refractivity contribution < 1.29 is 14.2 Å². The van der Waals surface area contributed by atoms with E-state index in [-0.39, 0.29) is 12.1 Å². The van der Waals surface area contributed by atoms with Gasteiger partial charge in [0.25, 0.3) is 0 Å². The average Bonchev–Trinajstić information content (AvgIpc) is 3.27. The van der Waals surface area contributed by atoms with Crippen LogP contribution in [0.25, 0.3) is 0 Å². The van der Waals surface area contributed by atoms with Crippen LogP contribution in [0.4, 0.5) is 0 Å². The highest BCUT2D eigenvalue weighted by Crippen LogP contribution is 2.18. The second-order valence-electron chi connectivity index (χ2n) is 19.7. The molecule has 0 spiro atoms. The molecule has 0 saturated heterocycles. The van der Waals surface area contributed by atoms with E-state index in [0.29, 0.717) is 0 Å². The molecule has 368 valence electrons. The number of nitrogens with two attached hydrogens (primary N) is 1. The van der Waals surface area contributed by atoms with Crippen LogP contribution in [0.15, 0.2) is 0 Å². The lowest BCUT2D eigenvalue weighted by atomic mass is 10.0. The molecule has 0 aromatic rings. The van der Waals surface area contributed by atoms with Crippen LogP contribution in [-0.2, 0) is 14.2 Å². The Morgan fingerprint density at radius 2 is 0.475 bits per heavy atom. The van der Waals surface area contributed by atoms with Crippen molar-refractivity contribution in [2.45, 2.75) is 335 Å². The van der Waals surface area contributed by atoms with Crippen LogP contribution in [-0.4, -0.2) is 45.2 Å². The molecule has 2 N–H and O–H groups in total. The Labute approximate surface area is 386 Å². The van der Waals surface area contributed by atoms with Crippen LogP contribution < -0.4 is 5.73 Å². The van der Waals surface area contributed by atoms with Crippen LogP contribution in [0, 0.1) is 0 Å². The SMILES string of the molecule is CCCCCCCCCCCCCCCCOCCCCC(N)C(CCCOCCCCCCCCCCCCCCCC)OCCCCCCCCCCCCCCCC. The van der Waals surface area contributed by atoms with E-state index < -0.39 is 0 Å². The summed E-state index contributed by atoms with van der Waals surface area (Å²) < 4.78 is 18.6. The molecular formula is C57H117NO3. The van der Waals surface area contributed by atoms with Gasteiger partial charge in [-0.2, -0.15) is 0 Å². The zero-order valence-electron chi connectivity index (χ0n) is 42.7. The van der Waals surface area contributed by atoms with E-state index in [1.807, 2.05) is 0 Å². The molecule has 2 unspecified atom stereocenters. The predicted octanol–water partition coefficient (Wildman–Crippen LogP) is 19.1. The van der Waals surface area contributed by atoms with Gasteiger partial charge in [-0.05, 0) is 51.4 Å². The number of hydrogen-bond acceptors (Lipinski definition) is 4. The molecule has 4 nitrogen and oxygen atoms in total. The summed E-state index contributed by atoms with van der Waals surface area (Å²) in [6, 6.07) is 0.114. The zero-order valence-corrected chi connectivity index (χ0v) is 42.7. The molecule has 0 aliphatic carbocycles. The van der Waals surface area contributed by atoms with Crippen LogP contribution >= 0.6 is 0 Å². The summed E-state index contributed by atoms with van der Waals surface area (Å²) in [6.07, 6.45) is 64.3. The van der Waals surface area contributed by atoms with Gasteiger partial charge in [0, 0.05) is 39.1 Å². The molecule has 2 atom stereocenters. The lowest BCUT2D eigenvalue weighted by molar-refractivity contribution is 0.0166. The minimum Gasteiger partial charge on any atom is -0.381 e. The second kappa shape index (κ2) is 56.0. The number of rotatable bonds is 56. The molecule has 0 aliphatic rings. The molecule has 0 aromatic carbocycles. The van der Waals surface area contributed by atoms with Crippen molar-refractivity contribution >= 4 is 0 Å². The smallest absolute Gasteiger partial charge is 0.0726 e. The summed E-state index contributed by atoms with van der Waals surface area (Å²) in [5.41, 5.74) is 6.82. The highest BCUT2D eigenvalue weighted by molar-refractivity contribution is 4.74. The van der Waals surface area contributed by atoms with Gasteiger partial charge in [0.2, 0.25) is 0 Å². The minimum absolute atomic E-state index is 0.114. The first kappa shape index (κ1) is 60.8. The lowest BCUT2D eigenvalue weighted by Gasteiger charge is -2.24. The van der Waals surface area contributed by atoms with Gasteiger partial charge in [0.15, 0.2) is 0 Å². The van der Waals surface area contributed by atoms with Crippen molar-refractivity contribution in [1.29, 1.82) is 0 Å². The van der Waals surface area contributed by atoms with Crippen molar-refractivity contribution in [2.24, 2.45) is 5.73 Å². The molecule has 4 heteroatoms. The lowest BCUT2D eigenvalue weighted by Crippen LogP contribution is -2.37. The molecule has 0 amide bonds. The van der Waals surface area contributed by atoms with E-state index >= 15 is 0 Å². The standard InChI is InChI=1S/C57H117NO3/c1-4-7-10-13-16-19-22-25-28-31-34-37-40-44-51-59-53-47-43-49-56(58)57(61-55-46-42-39-36-33-30-27-24-21-18-15-12-9-6-3)50-48-54-60-52-45-41-38-35-32-29-26-23-20-17-14-11-8-5-2/h56-57H,4-55,58H2,1-3H3. The summed E-state index contributed by atoms with van der Waals surface area (Å²) in [4.78, 5) is 0. The summed E-state index contributed by atoms with van der Waals surface area (Å²) in [7, 11) is 0. The normalized spacial score (nSPS) is 12.8. The van der Waals surface area contributed by atoms with Gasteiger partial charge in [0.1, 0.15) is 0 Å². The summed E-state index contributed by atoms with van der Waals surface area (Å²) in [6.45, 7) is 11.3. The van der Waals surface area contributed by atoms with Gasteiger partial charge in [0.05, 0.1) is 6.10 Å². The molecule has 0 aromatic heterocycles. The molecule has 0 radical (unpaired) electrons. The quantitative estimate of drug-likeness (QED) is 0.0619. The number of ether oxygens (including phenoxy) is 3. The Balaban J connectivity index is 4.05. The van der Waals surface area contributed by atoms with Crippen LogP contribution in [0.1, 0.15) is 323 Å². The van der Waals surface area contributed by atoms with Crippen molar-refractivity contribution in [3.63, 3.8) is 0 Å². The predicted molar refractivity (Wildman–Crippen MR) is 273 cm³/mol. The van der Waals surface area contributed by atoms with Crippen LogP contribution in [0.2, 0.25) is 0 Å². The van der Waals surface area contributed by atoms with E-state index in [1.54, 1.807) is 0 Å². The largest absolute Gasteiger partial charge is 0.381 e. The minimum atomic E-state index is 0.114. The first-order valence-electron chi connectivity index (χ1n) is 28.8. The van der Waals surface area contributed by atoms with E-state index in [2.05, 4.69) is 20.8 Å². The second-order valence-corrected chi connectivity index (χ2v) is 19.7. The molecule has 0 saturated carbocycles. The highest BCUT2D eigenvalue weighted by Gasteiger charge is 2.18. The third-order valence-corrected chi connectivity index (χ3v) is 13.4. The van der Waals surface area contributed by atoms with Crippen molar-refractivity contribution in [3.8, 4) is 0 Å². The van der Waals surface area contributed by atoms with Gasteiger partial charge >= 0.3 is 0 Å². The maximum Gasteiger partial charge on any atom is 0.0726 e. The van der Waals surface area contributed by atoms with Crippen LogP contribution in [0.5, 0.6) is 0 Å². The molecular weight excluding hydrogens is 747 g/mol. The number of hydrogen-bond donors (Lipinski definition) is 1. The van der Waals surface area contributed by atoms with E-state index in [1.165, 1.54) is 270 Å². The monoisotopic (exact) mass is 864 g/mol. The fourth-order valence-electron chi connectivity index (χ4n) is 9.11. The zero-order chi connectivity index (χ0) is 44.0. The molecule has 0 heterocycles. The van der Waals surface area contributed by atoms with E-state index in [4.69, 9.17) is 19.9 Å². The fraction of sp³-hybridized carbons (Fsp3) is 1.00. The van der Waals surface area contributed by atoms with E-state index in [0.717, 1.165) is 65.1 Å². The molecule has 0 rings (SSSR count). The summed E-state index contributed by atoms with van der Waals surface area (Å²) >= 11 is 0. The van der Waals surface area contributed by atoms with Crippen LogP contribution in [0.3, 0.4) is 0 Å². The average molecular weight is 865 g/mol. The first-order chi connectivity index (χ1) is 30.3. The third kappa shape index (κ3) is 52.3. The maximum absolute atomic E-state index is 6.82. The van der Waals surface area contributed by atoms with Gasteiger partial charge in [-0.15, -0.1) is 0 Å². The van der Waals surface area contributed by atoms with E-state index in [9.17, 15) is 0 Å². The Kier molecular flexibility index (Phi) is 55.8. The molecule has 0 fully saturated rings. The summed E-state index contributed by atoms with van der Waals surface area (Å²) in [5, 5.41) is 0. The topological polar surface area (TPSA) is 53.7 Å². The van der Waals surface area contributed by atoms with Gasteiger partial charge in [-0.25, -0.2) is 0 Å². The Hall–Kier alpha value is -0.160. The van der Waals surface area contributed by atoms with Gasteiger partial charge < -0.3 is 19.9 Å². The van der Waals surface area contributed by atoms with Gasteiger partial charge in [-0.3, -0.25) is 0 Å². The van der Waals surface area contributed by atoms with Crippen molar-refractivity contribution in [2.75, 3.05) is 33.0 Å². The number of unbranched alkanes of at least 4 members (excludes halogenated alkanes) is 40. The highest BCUT2D eigenvalue weighted by atomic mass is 16.5. The Morgan fingerprint density at radius 3 is 0.770 bits per heavy atom. The molecule has 61 heavy (non-hydrogen) atoms. The Morgan fingerprint density at radius 1 is 0.246 bits per heavy atom.